The van der Waals surface area contributed by atoms with E-state index in [0.29, 0.717) is 40.6 Å². The second-order valence-electron chi connectivity index (χ2n) is 12.7. The fourth-order valence-corrected chi connectivity index (χ4v) is 6.13. The number of hydrogen-bond donors (Lipinski definition) is 3. The molecule has 1 fully saturated rings. The van der Waals surface area contributed by atoms with E-state index in [9.17, 15) is 14.9 Å². The van der Waals surface area contributed by atoms with Crippen LogP contribution in [0.1, 0.15) is 75.7 Å². The van der Waals surface area contributed by atoms with Crippen molar-refractivity contribution in [2.45, 2.75) is 69.9 Å². The summed E-state index contributed by atoms with van der Waals surface area (Å²) >= 11 is 0. The number of rotatable bonds is 6. The summed E-state index contributed by atoms with van der Waals surface area (Å²) < 4.78 is 3.44. The number of benzene rings is 1. The topological polar surface area (TPSA) is 143 Å². The van der Waals surface area contributed by atoms with Crippen molar-refractivity contribution in [1.29, 1.82) is 5.26 Å². The largest absolute Gasteiger partial charge is 0.357 e. The molecule has 3 heterocycles. The molecule has 230 valence electrons. The van der Waals surface area contributed by atoms with Crippen LogP contribution in [0.3, 0.4) is 0 Å². The molecule has 11 nitrogen and oxygen atoms in total. The van der Waals surface area contributed by atoms with E-state index < -0.39 is 11.6 Å². The summed E-state index contributed by atoms with van der Waals surface area (Å²) in [5.74, 6) is 0.883. The van der Waals surface area contributed by atoms with E-state index in [1.807, 2.05) is 63.3 Å². The van der Waals surface area contributed by atoms with Crippen LogP contribution in [0.4, 0.5) is 16.6 Å². The van der Waals surface area contributed by atoms with Crippen LogP contribution in [0, 0.1) is 11.3 Å². The zero-order chi connectivity index (χ0) is 31.8. The van der Waals surface area contributed by atoms with Gasteiger partial charge >= 0.3 is 6.03 Å². The number of hydrogen-bond acceptors (Lipinski definition) is 7. The highest BCUT2D eigenvalue weighted by atomic mass is 16.2. The first kappa shape index (κ1) is 29.8. The normalized spacial score (nSPS) is 18.2. The Balaban J connectivity index is 1.42. The predicted molar refractivity (Wildman–Crippen MR) is 175 cm³/mol. The van der Waals surface area contributed by atoms with Crippen molar-refractivity contribution in [3.8, 4) is 11.8 Å². The maximum absolute atomic E-state index is 14.4. The van der Waals surface area contributed by atoms with Gasteiger partial charge < -0.3 is 10.6 Å². The Labute approximate surface area is 261 Å². The number of carbonyl (C=O) groups excluding carboxylic acids is 1. The number of nitriles is 1. The van der Waals surface area contributed by atoms with Gasteiger partial charge in [-0.3, -0.25) is 14.7 Å². The monoisotopic (exact) mass is 603 g/mol. The molecule has 2 amide bonds. The first-order chi connectivity index (χ1) is 21.6. The van der Waals surface area contributed by atoms with Crippen molar-refractivity contribution < 1.29 is 4.79 Å². The predicted octanol–water partition coefficient (Wildman–Crippen LogP) is 5.84. The molecule has 3 N–H and O–H groups in total. The van der Waals surface area contributed by atoms with Gasteiger partial charge in [-0.2, -0.15) is 15.3 Å². The van der Waals surface area contributed by atoms with Crippen molar-refractivity contribution >= 4 is 28.8 Å². The molecule has 0 saturated heterocycles. The average molecular weight is 604 g/mol. The lowest BCUT2D eigenvalue weighted by Crippen LogP contribution is -2.50. The summed E-state index contributed by atoms with van der Waals surface area (Å²) in [5.41, 5.74) is 1.33. The van der Waals surface area contributed by atoms with Gasteiger partial charge in [0.2, 0.25) is 5.95 Å². The van der Waals surface area contributed by atoms with Gasteiger partial charge in [-0.1, -0.05) is 64.0 Å². The van der Waals surface area contributed by atoms with Crippen LogP contribution in [0.2, 0.25) is 0 Å². The lowest BCUT2D eigenvalue weighted by Gasteiger charge is -2.33. The van der Waals surface area contributed by atoms with E-state index in [2.05, 4.69) is 32.0 Å². The third-order valence-corrected chi connectivity index (χ3v) is 8.51. The van der Waals surface area contributed by atoms with E-state index in [4.69, 9.17) is 5.10 Å². The van der Waals surface area contributed by atoms with E-state index in [0.717, 1.165) is 36.8 Å². The molecule has 2 aliphatic rings. The Morgan fingerprint density at radius 3 is 2.62 bits per heavy atom. The van der Waals surface area contributed by atoms with Gasteiger partial charge in [-0.15, -0.1) is 0 Å². The second-order valence-corrected chi connectivity index (χ2v) is 12.7. The molecule has 0 spiro atoms. The lowest BCUT2D eigenvalue weighted by atomic mass is 9.84. The highest BCUT2D eigenvalue weighted by Crippen LogP contribution is 2.35. The molecule has 0 radical (unpaired) electrons. The number of urea groups is 1. The van der Waals surface area contributed by atoms with Crippen molar-refractivity contribution in [1.82, 2.24) is 29.6 Å². The molecule has 0 bridgehead atoms. The smallest absolute Gasteiger partial charge is 0.321 e. The van der Waals surface area contributed by atoms with E-state index in [1.54, 1.807) is 40.7 Å². The van der Waals surface area contributed by atoms with Crippen molar-refractivity contribution in [2.75, 3.05) is 17.7 Å². The molecular formula is C34H37N9O2. The molecule has 11 heteroatoms. The van der Waals surface area contributed by atoms with Crippen molar-refractivity contribution in [3.63, 3.8) is 0 Å². The Bertz CT molecular complexity index is 1930. The summed E-state index contributed by atoms with van der Waals surface area (Å²) in [7, 11) is 1.75. The summed E-state index contributed by atoms with van der Waals surface area (Å²) in [6.07, 6.45) is 13.5. The van der Waals surface area contributed by atoms with Crippen LogP contribution in [0.15, 0.2) is 71.7 Å². The number of aromatic nitrogens is 5. The molecule has 45 heavy (non-hydrogen) atoms. The van der Waals surface area contributed by atoms with Gasteiger partial charge in [-0.05, 0) is 43.5 Å². The summed E-state index contributed by atoms with van der Waals surface area (Å²) in [6.45, 7) is 6.13. The van der Waals surface area contributed by atoms with Crippen LogP contribution >= 0.6 is 0 Å². The lowest BCUT2D eigenvalue weighted by molar-refractivity contribution is 0.242. The number of carbonyl (C=O) groups is 1. The van der Waals surface area contributed by atoms with Gasteiger partial charge in [-0.25, -0.2) is 14.5 Å². The number of fused-ring (bicyclic) bond motifs is 1. The Morgan fingerprint density at radius 1 is 1.13 bits per heavy atom. The minimum atomic E-state index is -1.12. The van der Waals surface area contributed by atoms with Gasteiger partial charge in [0.25, 0.3) is 5.56 Å². The highest BCUT2D eigenvalue weighted by Gasteiger charge is 2.37. The van der Waals surface area contributed by atoms with Gasteiger partial charge in [0, 0.05) is 41.7 Å². The Morgan fingerprint density at radius 2 is 1.93 bits per heavy atom. The van der Waals surface area contributed by atoms with Gasteiger partial charge in [0.05, 0.1) is 28.6 Å². The molecule has 1 aromatic carbocycles. The molecule has 4 aromatic rings. The number of pyridine rings is 1. The molecule has 2 aliphatic carbocycles. The second kappa shape index (κ2) is 11.7. The van der Waals surface area contributed by atoms with Gasteiger partial charge in [0.1, 0.15) is 11.5 Å². The summed E-state index contributed by atoms with van der Waals surface area (Å²) in [6, 6.07) is 12.4. The quantitative estimate of drug-likeness (QED) is 0.251. The van der Waals surface area contributed by atoms with Crippen molar-refractivity contribution in [3.05, 3.63) is 94.1 Å². The summed E-state index contributed by atoms with van der Waals surface area (Å²) in [4.78, 5) is 37.4. The number of anilines is 2. The van der Waals surface area contributed by atoms with E-state index in [-0.39, 0.29) is 17.0 Å². The fourth-order valence-electron chi connectivity index (χ4n) is 6.13. The van der Waals surface area contributed by atoms with Crippen molar-refractivity contribution in [2.24, 2.45) is 0 Å². The number of nitrogens with zero attached hydrogens (tertiary/aromatic N) is 6. The van der Waals surface area contributed by atoms with Crippen LogP contribution in [-0.4, -0.2) is 37.4 Å². The zero-order valence-corrected chi connectivity index (χ0v) is 26.0. The molecule has 1 saturated carbocycles. The summed E-state index contributed by atoms with van der Waals surface area (Å²) in [5, 5.41) is 24.1. The van der Waals surface area contributed by atoms with Crippen LogP contribution in [0.5, 0.6) is 0 Å². The van der Waals surface area contributed by atoms with Crippen LogP contribution in [-0.2, 0) is 11.0 Å². The third-order valence-electron chi connectivity index (χ3n) is 8.51. The van der Waals surface area contributed by atoms with E-state index >= 15 is 0 Å². The average Bonchev–Trinajstić information content (AvgIpc) is 3.72. The van der Waals surface area contributed by atoms with Crippen LogP contribution in [0.25, 0.3) is 16.7 Å². The third kappa shape index (κ3) is 5.71. The molecular weight excluding hydrogens is 566 g/mol. The first-order valence-electron chi connectivity index (χ1n) is 15.3. The number of allylic oxidation sites excluding steroid dienone is 2. The molecule has 1 unspecified atom stereocenters. The Kier molecular flexibility index (Phi) is 7.74. The minimum Gasteiger partial charge on any atom is -0.357 e. The highest BCUT2D eigenvalue weighted by molar-refractivity contribution is 5.90. The molecule has 0 aliphatic heterocycles. The minimum absolute atomic E-state index is 0.0166. The SMILES string of the molecule is CNc1ncc2cc(C3(NC(=O)Nc4cc(C(C)(C)C)nn4-c4cccc(C#N)c4)C=CC=CC3)c(=O)n(C3CCCC3)c2n1. The zero-order valence-electron chi connectivity index (χ0n) is 26.0. The molecule has 3 aromatic heterocycles. The number of amides is 2. The maximum atomic E-state index is 14.4. The fraction of sp³-hybridized carbons (Fsp3) is 0.353. The molecule has 6 rings (SSSR count). The first-order valence-corrected chi connectivity index (χ1v) is 15.3. The van der Waals surface area contributed by atoms with E-state index in [1.165, 1.54) is 0 Å². The maximum Gasteiger partial charge on any atom is 0.321 e. The standard InChI is InChI=1S/C34H37N9O2/c1-33(2,3)27-19-28(43(41-27)25-14-10-11-22(17-25)20-35)38-32(45)40-34(15-8-5-9-16-34)26-18-23-21-37-31(36-4)39-29(23)42(30(26)44)24-12-6-7-13-24/h5,8-11,14-15,17-19,21,24H,6-7,12-13,16H2,1-4H3,(H,36,37,39)(H2,38,40,45). The van der Waals surface area contributed by atoms with Crippen LogP contribution < -0.4 is 21.5 Å². The van der Waals surface area contributed by atoms with Gasteiger partial charge in [0.15, 0.2) is 0 Å². The molecule has 1 atom stereocenters. The number of nitrogens with one attached hydrogen (secondary N) is 3. The Hall–Kier alpha value is -5.24.